The summed E-state index contributed by atoms with van der Waals surface area (Å²) in [5.74, 6) is 0.350. The van der Waals surface area contributed by atoms with E-state index in [0.717, 1.165) is 5.56 Å². The molecule has 3 rings (SSSR count). The minimum atomic E-state index is -0.510. The van der Waals surface area contributed by atoms with E-state index in [4.69, 9.17) is 4.74 Å². The summed E-state index contributed by atoms with van der Waals surface area (Å²) >= 11 is 1.19. The molecular weight excluding hydrogens is 344 g/mol. The first-order valence-corrected chi connectivity index (χ1v) is 8.58. The van der Waals surface area contributed by atoms with Crippen molar-refractivity contribution in [2.75, 3.05) is 20.2 Å². The molecule has 1 fully saturated rings. The fraction of sp³-hybridized carbons (Fsp3) is 0.400. The second kappa shape index (κ2) is 7.09. The summed E-state index contributed by atoms with van der Waals surface area (Å²) in [6.45, 7) is 4.53. The summed E-state index contributed by atoms with van der Waals surface area (Å²) in [6, 6.07) is 5.30. The normalized spacial score (nSPS) is 15.2. The zero-order valence-electron chi connectivity index (χ0n) is 14.1. The van der Waals surface area contributed by atoms with Gasteiger partial charge < -0.3 is 10.1 Å². The third kappa shape index (κ3) is 3.43. The molecule has 1 aliphatic rings. The van der Waals surface area contributed by atoms with Crippen LogP contribution in [0.1, 0.15) is 12.5 Å². The quantitative estimate of drug-likeness (QED) is 0.792. The lowest BCUT2D eigenvalue weighted by Gasteiger charge is -2.17. The molecule has 0 saturated carbocycles. The number of nitrogens with one attached hydrogen (secondary N) is 1. The number of thioether (sulfide) groups is 1. The number of urea groups is 1. The lowest BCUT2D eigenvalue weighted by Crippen LogP contribution is -2.39. The molecule has 10 heteroatoms. The van der Waals surface area contributed by atoms with Crippen LogP contribution in [0.25, 0.3) is 5.69 Å². The topological polar surface area (TPSA) is 102 Å². The first-order chi connectivity index (χ1) is 12.0. The monoisotopic (exact) mass is 362 g/mol. The van der Waals surface area contributed by atoms with Crippen molar-refractivity contribution in [3.05, 3.63) is 23.8 Å². The number of hydrogen-bond donors (Lipinski definition) is 1. The highest BCUT2D eigenvalue weighted by atomic mass is 32.2. The average molecular weight is 362 g/mol. The van der Waals surface area contributed by atoms with Gasteiger partial charge in [0, 0.05) is 13.1 Å². The van der Waals surface area contributed by atoms with Gasteiger partial charge in [0.1, 0.15) is 11.4 Å². The lowest BCUT2D eigenvalue weighted by molar-refractivity contribution is -0.126. The van der Waals surface area contributed by atoms with E-state index in [1.165, 1.54) is 21.3 Å². The first kappa shape index (κ1) is 17.2. The van der Waals surface area contributed by atoms with Crippen LogP contribution in [0, 0.1) is 6.92 Å². The number of carbonyl (C=O) groups is 2. The minimum absolute atomic E-state index is 0.272. The number of tetrazole rings is 1. The molecule has 3 amide bonds. The molecule has 1 saturated heterocycles. The Hall–Kier alpha value is -2.62. The van der Waals surface area contributed by atoms with E-state index in [1.54, 1.807) is 14.0 Å². The molecule has 0 bridgehead atoms. The minimum Gasteiger partial charge on any atom is -0.494 e. The maximum atomic E-state index is 12.4. The molecule has 1 aromatic carbocycles. The number of nitrogens with zero attached hydrogens (tertiary/aromatic N) is 5. The summed E-state index contributed by atoms with van der Waals surface area (Å²) in [5.41, 5.74) is 1.72. The van der Waals surface area contributed by atoms with Crippen LogP contribution < -0.4 is 10.1 Å². The van der Waals surface area contributed by atoms with Crippen LogP contribution in [-0.4, -0.2) is 62.5 Å². The highest BCUT2D eigenvalue weighted by Gasteiger charge is 2.31. The highest BCUT2D eigenvalue weighted by molar-refractivity contribution is 8.00. The predicted octanol–water partition coefficient (Wildman–Crippen LogP) is 1.01. The Labute approximate surface area is 148 Å². The number of imide groups is 1. The van der Waals surface area contributed by atoms with Crippen molar-refractivity contribution in [3.8, 4) is 11.4 Å². The number of methoxy groups -OCH3 is 1. The van der Waals surface area contributed by atoms with Crippen LogP contribution >= 0.6 is 11.8 Å². The summed E-state index contributed by atoms with van der Waals surface area (Å²) in [4.78, 5) is 25.3. The molecule has 2 aromatic rings. The number of aryl methyl sites for hydroxylation is 1. The molecule has 1 aliphatic heterocycles. The Morgan fingerprint density at radius 1 is 1.44 bits per heavy atom. The van der Waals surface area contributed by atoms with Gasteiger partial charge in [-0.2, -0.15) is 4.68 Å². The highest BCUT2D eigenvalue weighted by Crippen LogP contribution is 2.29. The predicted molar refractivity (Wildman–Crippen MR) is 90.9 cm³/mol. The van der Waals surface area contributed by atoms with Crippen molar-refractivity contribution in [2.45, 2.75) is 24.3 Å². The van der Waals surface area contributed by atoms with Gasteiger partial charge in [0.05, 0.1) is 12.4 Å². The van der Waals surface area contributed by atoms with E-state index < -0.39 is 5.25 Å². The third-order valence-corrected chi connectivity index (χ3v) is 4.78. The Balaban J connectivity index is 1.84. The van der Waals surface area contributed by atoms with Gasteiger partial charge in [0.2, 0.25) is 11.1 Å². The number of aromatic nitrogens is 4. The van der Waals surface area contributed by atoms with Crippen LogP contribution in [0.4, 0.5) is 4.79 Å². The molecule has 1 N–H and O–H groups in total. The number of hydrogen-bond acceptors (Lipinski definition) is 7. The fourth-order valence-electron chi connectivity index (χ4n) is 2.48. The molecule has 1 atom stereocenters. The molecule has 0 radical (unpaired) electrons. The van der Waals surface area contributed by atoms with Gasteiger partial charge in [-0.3, -0.25) is 9.69 Å². The van der Waals surface area contributed by atoms with Crippen LogP contribution in [-0.2, 0) is 4.79 Å². The Morgan fingerprint density at radius 2 is 2.24 bits per heavy atom. The Bertz CT molecular complexity index is 808. The van der Waals surface area contributed by atoms with Crippen LogP contribution in [0.2, 0.25) is 0 Å². The first-order valence-electron chi connectivity index (χ1n) is 7.70. The smallest absolute Gasteiger partial charge is 0.324 e. The van der Waals surface area contributed by atoms with Crippen molar-refractivity contribution in [1.29, 1.82) is 0 Å². The van der Waals surface area contributed by atoms with Crippen LogP contribution in [0.5, 0.6) is 5.75 Å². The van der Waals surface area contributed by atoms with Crippen LogP contribution in [0.15, 0.2) is 23.4 Å². The van der Waals surface area contributed by atoms with Gasteiger partial charge in [0.15, 0.2) is 0 Å². The van der Waals surface area contributed by atoms with E-state index >= 15 is 0 Å². The van der Waals surface area contributed by atoms with E-state index in [1.807, 2.05) is 25.1 Å². The van der Waals surface area contributed by atoms with Gasteiger partial charge in [-0.05, 0) is 42.0 Å². The van der Waals surface area contributed by atoms with E-state index in [0.29, 0.717) is 29.7 Å². The molecule has 132 valence electrons. The van der Waals surface area contributed by atoms with Gasteiger partial charge in [-0.25, -0.2) is 4.79 Å². The Morgan fingerprint density at radius 3 is 2.92 bits per heavy atom. The maximum absolute atomic E-state index is 12.4. The summed E-state index contributed by atoms with van der Waals surface area (Å²) in [7, 11) is 1.57. The molecule has 1 aromatic heterocycles. The SMILES string of the molecule is COc1ccc(C)cc1-n1nnnc1S[C@H](C)C(=O)N1CCNC1=O. The van der Waals surface area contributed by atoms with Crippen molar-refractivity contribution in [3.63, 3.8) is 0 Å². The molecule has 9 nitrogen and oxygen atoms in total. The zero-order valence-corrected chi connectivity index (χ0v) is 14.9. The summed E-state index contributed by atoms with van der Waals surface area (Å²) in [5, 5.41) is 14.3. The standard InChI is InChI=1S/C15H18N6O3S/c1-9-4-5-12(24-3)11(8-9)21-15(17-18-19-21)25-10(2)13(22)20-7-6-16-14(20)23/h4-5,8,10H,6-7H2,1-3H3,(H,16,23)/t10-/m1/s1. The summed E-state index contributed by atoms with van der Waals surface area (Å²) < 4.78 is 6.91. The average Bonchev–Trinajstić information content (AvgIpc) is 3.23. The van der Waals surface area contributed by atoms with Crippen molar-refractivity contribution >= 4 is 23.7 Å². The maximum Gasteiger partial charge on any atom is 0.324 e. The second-order valence-corrected chi connectivity index (χ2v) is 6.84. The fourth-order valence-corrected chi connectivity index (χ4v) is 3.34. The number of ether oxygens (including phenoxy) is 1. The lowest BCUT2D eigenvalue weighted by atomic mass is 10.2. The van der Waals surface area contributed by atoms with Crippen molar-refractivity contribution in [2.24, 2.45) is 0 Å². The van der Waals surface area contributed by atoms with Gasteiger partial charge in [0.25, 0.3) is 0 Å². The molecule has 0 unspecified atom stereocenters. The van der Waals surface area contributed by atoms with Gasteiger partial charge >= 0.3 is 6.03 Å². The largest absolute Gasteiger partial charge is 0.494 e. The van der Waals surface area contributed by atoms with E-state index in [-0.39, 0.29) is 11.9 Å². The molecule has 0 aliphatic carbocycles. The van der Waals surface area contributed by atoms with Crippen molar-refractivity contribution < 1.29 is 14.3 Å². The van der Waals surface area contributed by atoms with Crippen molar-refractivity contribution in [1.82, 2.24) is 30.4 Å². The zero-order chi connectivity index (χ0) is 18.0. The van der Waals surface area contributed by atoms with E-state index in [2.05, 4.69) is 20.8 Å². The molecule has 2 heterocycles. The number of carbonyl (C=O) groups excluding carboxylic acids is 2. The van der Waals surface area contributed by atoms with E-state index in [9.17, 15) is 9.59 Å². The number of rotatable bonds is 5. The molecule has 25 heavy (non-hydrogen) atoms. The molecular formula is C15H18N6O3S. The summed E-state index contributed by atoms with van der Waals surface area (Å²) in [6.07, 6.45) is 0. The molecule has 0 spiro atoms. The van der Waals surface area contributed by atoms with Gasteiger partial charge in [-0.15, -0.1) is 5.10 Å². The van der Waals surface area contributed by atoms with Gasteiger partial charge in [-0.1, -0.05) is 17.8 Å². The second-order valence-electron chi connectivity index (χ2n) is 5.53. The number of benzene rings is 1. The number of amides is 3. The Kier molecular flexibility index (Phi) is 4.88. The third-order valence-electron chi connectivity index (χ3n) is 3.76. The van der Waals surface area contributed by atoms with Crippen LogP contribution in [0.3, 0.4) is 0 Å².